The summed E-state index contributed by atoms with van der Waals surface area (Å²) < 4.78 is 5.21. The van der Waals surface area contributed by atoms with E-state index in [9.17, 15) is 4.79 Å². The molecule has 0 spiro atoms. The zero-order valence-electron chi connectivity index (χ0n) is 11.9. The Morgan fingerprint density at radius 2 is 1.44 bits per heavy atom. The second kappa shape index (κ2) is 10.2. The summed E-state index contributed by atoms with van der Waals surface area (Å²) >= 11 is 0. The Balaban J connectivity index is 2.28. The molecular weight excluding hydrogens is 224 g/mol. The molecule has 0 amide bonds. The van der Waals surface area contributed by atoms with Crippen molar-refractivity contribution >= 4 is 5.97 Å². The molecule has 0 aromatic carbocycles. The molecule has 0 aromatic heterocycles. The van der Waals surface area contributed by atoms with Gasteiger partial charge in [-0.15, -0.1) is 0 Å². The van der Waals surface area contributed by atoms with E-state index >= 15 is 0 Å². The van der Waals surface area contributed by atoms with Crippen molar-refractivity contribution in [1.29, 1.82) is 0 Å². The van der Waals surface area contributed by atoms with Gasteiger partial charge < -0.3 is 4.74 Å². The van der Waals surface area contributed by atoms with Crippen molar-refractivity contribution in [1.82, 2.24) is 0 Å². The highest BCUT2D eigenvalue weighted by atomic mass is 16.5. The second-order valence-corrected chi connectivity index (χ2v) is 5.39. The van der Waals surface area contributed by atoms with Gasteiger partial charge in [0.15, 0.2) is 0 Å². The molecule has 2 heteroatoms. The first-order valence-electron chi connectivity index (χ1n) is 7.60. The number of hydrogen-bond donors (Lipinski definition) is 0. The molecule has 0 atom stereocenters. The lowest BCUT2D eigenvalue weighted by Gasteiger charge is -2.06. The molecule has 0 aliphatic carbocycles. The molecule has 0 bridgehead atoms. The highest BCUT2D eigenvalue weighted by Gasteiger charge is 2.02. The van der Waals surface area contributed by atoms with E-state index in [1.54, 1.807) is 0 Å². The van der Waals surface area contributed by atoms with Crippen molar-refractivity contribution in [2.24, 2.45) is 0 Å². The average molecular weight is 252 g/mol. The van der Waals surface area contributed by atoms with Crippen LogP contribution in [0.4, 0.5) is 0 Å². The molecular formula is C16H28O2. The number of rotatable bonds is 0. The summed E-state index contributed by atoms with van der Waals surface area (Å²) in [5, 5.41) is 0. The predicted molar refractivity (Wildman–Crippen MR) is 75.5 cm³/mol. The first-order chi connectivity index (χ1) is 8.79. The molecule has 0 aromatic rings. The van der Waals surface area contributed by atoms with E-state index in [0.717, 1.165) is 12.8 Å². The fourth-order valence-electron chi connectivity index (χ4n) is 2.39. The van der Waals surface area contributed by atoms with Crippen LogP contribution in [0.3, 0.4) is 0 Å². The molecule has 0 unspecified atom stereocenters. The summed E-state index contributed by atoms with van der Waals surface area (Å²) in [5.74, 6) is -0.0202. The van der Waals surface area contributed by atoms with Crippen LogP contribution in [0.5, 0.6) is 0 Å². The number of hydrogen-bond acceptors (Lipinski definition) is 2. The van der Waals surface area contributed by atoms with Crippen LogP contribution in [0.25, 0.3) is 0 Å². The van der Waals surface area contributed by atoms with Gasteiger partial charge >= 0.3 is 5.97 Å². The van der Waals surface area contributed by atoms with Gasteiger partial charge in [-0.25, -0.2) is 0 Å². The largest absolute Gasteiger partial charge is 0.465 e. The lowest BCUT2D eigenvalue weighted by Crippen LogP contribution is -2.05. The predicted octanol–water partition coefficient (Wildman–Crippen LogP) is 4.78. The van der Waals surface area contributed by atoms with E-state index in [4.69, 9.17) is 4.74 Å². The molecule has 2 nitrogen and oxygen atoms in total. The normalized spacial score (nSPS) is 24.9. The Kier molecular flexibility index (Phi) is 8.62. The van der Waals surface area contributed by atoms with E-state index in [2.05, 4.69) is 13.0 Å². The van der Waals surface area contributed by atoms with Gasteiger partial charge in [-0.1, -0.05) is 50.2 Å². The van der Waals surface area contributed by atoms with Gasteiger partial charge in [-0.2, -0.15) is 0 Å². The number of carbonyl (C=O) groups excluding carboxylic acids is 1. The molecule has 0 N–H and O–H groups in total. The van der Waals surface area contributed by atoms with E-state index in [1.165, 1.54) is 56.9 Å². The van der Waals surface area contributed by atoms with Gasteiger partial charge in [-0.3, -0.25) is 4.79 Å². The number of ether oxygens (including phenoxy) is 1. The highest BCUT2D eigenvalue weighted by Crippen LogP contribution is 2.14. The Bertz CT molecular complexity index is 256. The smallest absolute Gasteiger partial charge is 0.305 e. The van der Waals surface area contributed by atoms with Crippen LogP contribution in [0.1, 0.15) is 77.6 Å². The summed E-state index contributed by atoms with van der Waals surface area (Å²) in [6, 6.07) is 0. The number of esters is 1. The van der Waals surface area contributed by atoms with Gasteiger partial charge in [0.25, 0.3) is 0 Å². The van der Waals surface area contributed by atoms with Crippen LogP contribution in [-0.2, 0) is 9.53 Å². The van der Waals surface area contributed by atoms with Gasteiger partial charge in [0.2, 0.25) is 0 Å². The Labute approximate surface area is 112 Å². The summed E-state index contributed by atoms with van der Waals surface area (Å²) in [6.45, 7) is 2.74. The first-order valence-corrected chi connectivity index (χ1v) is 7.60. The minimum absolute atomic E-state index is 0.0202. The third-order valence-corrected chi connectivity index (χ3v) is 3.58. The van der Waals surface area contributed by atoms with Crippen LogP contribution < -0.4 is 0 Å². The minimum atomic E-state index is -0.0202. The van der Waals surface area contributed by atoms with Crippen molar-refractivity contribution in [3.8, 4) is 0 Å². The van der Waals surface area contributed by atoms with Crippen LogP contribution in [0, 0.1) is 0 Å². The summed E-state index contributed by atoms with van der Waals surface area (Å²) in [5.41, 5.74) is 1.44. The topological polar surface area (TPSA) is 26.3 Å². The van der Waals surface area contributed by atoms with Crippen LogP contribution in [-0.4, -0.2) is 12.6 Å². The van der Waals surface area contributed by atoms with Crippen molar-refractivity contribution in [3.63, 3.8) is 0 Å². The minimum Gasteiger partial charge on any atom is -0.465 e. The number of allylic oxidation sites excluding steroid dienone is 1. The number of cyclic esters (lactones) is 1. The maximum Gasteiger partial charge on any atom is 0.305 e. The van der Waals surface area contributed by atoms with Crippen molar-refractivity contribution in [2.75, 3.05) is 6.61 Å². The quantitative estimate of drug-likeness (QED) is 0.458. The maximum absolute atomic E-state index is 11.4. The number of carbonyl (C=O) groups is 1. The lowest BCUT2D eigenvalue weighted by atomic mass is 10.0. The monoisotopic (exact) mass is 252 g/mol. The van der Waals surface area contributed by atoms with Crippen LogP contribution >= 0.6 is 0 Å². The molecule has 1 heterocycles. The van der Waals surface area contributed by atoms with Crippen molar-refractivity contribution in [2.45, 2.75) is 77.6 Å². The van der Waals surface area contributed by atoms with E-state index < -0.39 is 0 Å². The summed E-state index contributed by atoms with van der Waals surface area (Å²) in [6.07, 6.45) is 15.1. The Morgan fingerprint density at radius 1 is 0.889 bits per heavy atom. The fraction of sp³-hybridized carbons (Fsp3) is 0.812. The van der Waals surface area contributed by atoms with Crippen LogP contribution in [0.15, 0.2) is 11.6 Å². The lowest BCUT2D eigenvalue weighted by molar-refractivity contribution is -0.143. The van der Waals surface area contributed by atoms with Crippen molar-refractivity contribution < 1.29 is 9.53 Å². The standard InChI is InChI=1S/C16H28O2/c1-15-11-8-6-4-2-3-5-7-9-13-16(17)18-14-10-12-15/h12H,2-11,13-14H2,1H3/b15-12-. The SMILES string of the molecule is C/C1=C/CCOC(=O)CCCCCCCCCC1. The second-order valence-electron chi connectivity index (χ2n) is 5.39. The van der Waals surface area contributed by atoms with Gasteiger partial charge in [0.1, 0.15) is 0 Å². The Morgan fingerprint density at radius 3 is 2.11 bits per heavy atom. The molecule has 1 rings (SSSR count). The third kappa shape index (κ3) is 8.32. The molecule has 1 aliphatic heterocycles. The third-order valence-electron chi connectivity index (χ3n) is 3.58. The molecule has 104 valence electrons. The molecule has 0 saturated carbocycles. The van der Waals surface area contributed by atoms with Crippen LogP contribution in [0.2, 0.25) is 0 Å². The van der Waals surface area contributed by atoms with E-state index in [1.807, 2.05) is 0 Å². The molecule has 1 aliphatic rings. The molecule has 0 radical (unpaired) electrons. The average Bonchev–Trinajstić information content (AvgIpc) is 2.35. The fourth-order valence-corrected chi connectivity index (χ4v) is 2.39. The van der Waals surface area contributed by atoms with Crippen molar-refractivity contribution in [3.05, 3.63) is 11.6 Å². The zero-order valence-corrected chi connectivity index (χ0v) is 11.9. The highest BCUT2D eigenvalue weighted by molar-refractivity contribution is 5.69. The molecule has 0 saturated heterocycles. The summed E-state index contributed by atoms with van der Waals surface area (Å²) in [4.78, 5) is 11.4. The van der Waals surface area contributed by atoms with E-state index in [0.29, 0.717) is 13.0 Å². The maximum atomic E-state index is 11.4. The van der Waals surface area contributed by atoms with Gasteiger partial charge in [0.05, 0.1) is 6.61 Å². The van der Waals surface area contributed by atoms with Gasteiger partial charge in [0, 0.05) is 6.42 Å². The van der Waals surface area contributed by atoms with Gasteiger partial charge in [-0.05, 0) is 32.6 Å². The first kappa shape index (κ1) is 15.3. The van der Waals surface area contributed by atoms with E-state index in [-0.39, 0.29) is 5.97 Å². The molecule has 18 heavy (non-hydrogen) atoms. The summed E-state index contributed by atoms with van der Waals surface area (Å²) in [7, 11) is 0. The zero-order chi connectivity index (χ0) is 13.1. The molecule has 0 fully saturated rings. The Hall–Kier alpha value is -0.790.